The summed E-state index contributed by atoms with van der Waals surface area (Å²) in [5.74, 6) is -14.5. The second kappa shape index (κ2) is 43.7. The summed E-state index contributed by atoms with van der Waals surface area (Å²) in [6, 6.07) is -7.22. The van der Waals surface area contributed by atoms with E-state index >= 15 is 0 Å². The molecule has 2 aliphatic heterocycles. The Hall–Kier alpha value is -8.54. The van der Waals surface area contributed by atoms with Gasteiger partial charge in [-0.1, -0.05) is 166 Å². The fourth-order valence-corrected chi connectivity index (χ4v) is 11.9. The number of rotatable bonds is 33. The molecule has 16 N–H and O–H groups in total. The summed E-state index contributed by atoms with van der Waals surface area (Å²) >= 11 is 0. The van der Waals surface area contributed by atoms with Gasteiger partial charge in [-0.25, -0.2) is 0 Å². The zero-order valence-corrected chi connectivity index (χ0v) is 64.5. The Kier molecular flexibility index (Phi) is 37.7. The number of aliphatic hydroxyl groups excluding tert-OH is 1. The number of nitrogens with two attached hydrogens (primary N) is 1. The summed E-state index contributed by atoms with van der Waals surface area (Å²) in [6.07, 6.45) is 2.78. The lowest BCUT2D eigenvalue weighted by molar-refractivity contribution is -0.144. The van der Waals surface area contributed by atoms with Gasteiger partial charge < -0.3 is 84.9 Å². The summed E-state index contributed by atoms with van der Waals surface area (Å²) < 4.78 is 0. The van der Waals surface area contributed by atoms with E-state index in [1.54, 1.807) is 127 Å². The summed E-state index contributed by atoms with van der Waals surface area (Å²) in [5, 5.41) is 45.9. The maximum absolute atomic E-state index is 14.9. The van der Waals surface area contributed by atoms with E-state index in [-0.39, 0.29) is 69.1 Å². The van der Waals surface area contributed by atoms with Crippen molar-refractivity contribution in [3.05, 3.63) is 47.7 Å². The van der Waals surface area contributed by atoms with Crippen molar-refractivity contribution in [3.8, 4) is 0 Å². The minimum absolute atomic E-state index is 0.0234. The number of hydrogen-bond donors (Lipinski definition) is 15. The number of carbonyl (C=O) groups is 14. The summed E-state index contributed by atoms with van der Waals surface area (Å²) in [5.41, 5.74) is 6.37. The van der Waals surface area contributed by atoms with E-state index in [1.165, 1.54) is 24.8 Å². The van der Waals surface area contributed by atoms with Gasteiger partial charge in [0.1, 0.15) is 78.2 Å². The first-order valence-corrected chi connectivity index (χ1v) is 37.2. The molecule has 0 unspecified atom stereocenters. The van der Waals surface area contributed by atoms with Crippen LogP contribution in [0.1, 0.15) is 188 Å². The van der Waals surface area contributed by atoms with Gasteiger partial charge in [0, 0.05) is 25.9 Å². The van der Waals surface area contributed by atoms with Crippen LogP contribution in [0.2, 0.25) is 0 Å². The standard InChI is InChI=1S/C74H123N15O15/c1-19-43(15)32-33-53(91)81-55(39(7)8)69(99)88-61(46(18)90)73(103)84-57(41(11)12)70(100)85-58(42(13)14)74(104)89-35-27-31-52(89)66(96)78-49(30-26-34-75)63(93)86-59(44(16)20-2)71(101)80-51-37-76-67(97)54(38(5)6)82-62(92)48(22-4)77-64(94)50(36-47-28-24-23-25-29-47)79-68(98)56(40(9)10)83-72(102)60(45(17)21-3)87-65(51)95/h22-25,28-29,38-46,49-52,54-61,90H,19-21,26-27,30-37,75H2,1-18H3,(H,76,97)(H,77,94)(H,78,96)(H,79,98)(H,80,101)(H,81,91)(H,82,92)(H,83,102)(H,84,103)(H,85,100)(H,86,93)(H,87,95)(H,88,99)/b48-22-/t43-,44-,45-,46+,49-,50-,51+,52+,54-,55+,56-,57-,58+,59+,60+,61-/m0/s1. The molecule has 0 spiro atoms. The SMILES string of the molecule is C/C=C1\NC(=O)[C@H](Cc2ccccc2)NC(=O)[C@H](C(C)C)NC(=O)[C@@H]([C@@H](C)CC)NC(=O)[C@H](NC(=O)[C@H](NC(=O)[C@H](CCCN)NC(=O)[C@H]2CCCN2C(=O)[C@H](NC(=O)[C@@H](NC(=O)[C@@H](NC(=O)[C@H](NC(=O)CC[C@@H](C)CC)C(C)C)[C@@H](C)O)C(C)C)C(C)C)[C@@H](C)CC)CNC(=O)[C@H](C(C)C)NC1=O. The van der Waals surface area contributed by atoms with Crippen LogP contribution < -0.4 is 74.9 Å². The van der Waals surface area contributed by atoms with Crippen LogP contribution in [0.15, 0.2) is 42.1 Å². The number of allylic oxidation sites excluding steroid dienone is 1. The lowest BCUT2D eigenvalue weighted by atomic mass is 9.95. The Morgan fingerprint density at radius 2 is 1.12 bits per heavy atom. The number of nitrogens with zero attached hydrogens (tertiary/aromatic N) is 1. The second-order valence-electron chi connectivity index (χ2n) is 29.6. The highest BCUT2D eigenvalue weighted by Gasteiger charge is 2.44. The molecule has 2 fully saturated rings. The fraction of sp³-hybridized carbons (Fsp3) is 0.703. The van der Waals surface area contributed by atoms with Gasteiger partial charge in [-0.15, -0.1) is 0 Å². The molecule has 0 radical (unpaired) electrons. The van der Waals surface area contributed by atoms with E-state index in [2.05, 4.69) is 69.1 Å². The fourth-order valence-electron chi connectivity index (χ4n) is 11.9. The second-order valence-corrected chi connectivity index (χ2v) is 29.6. The lowest BCUT2D eigenvalue weighted by Crippen LogP contribution is -2.64. The van der Waals surface area contributed by atoms with Crippen LogP contribution in [-0.4, -0.2) is 191 Å². The van der Waals surface area contributed by atoms with Gasteiger partial charge in [0.15, 0.2) is 0 Å². The number of aliphatic hydroxyl groups is 1. The maximum Gasteiger partial charge on any atom is 0.268 e. The smallest absolute Gasteiger partial charge is 0.268 e. The van der Waals surface area contributed by atoms with Gasteiger partial charge >= 0.3 is 0 Å². The average Bonchev–Trinajstić information content (AvgIpc) is 1.51. The Morgan fingerprint density at radius 1 is 0.587 bits per heavy atom. The molecule has 30 nitrogen and oxygen atoms in total. The van der Waals surface area contributed by atoms with Crippen molar-refractivity contribution >= 4 is 82.7 Å². The Labute approximate surface area is 614 Å². The van der Waals surface area contributed by atoms with Crippen molar-refractivity contribution in [2.45, 2.75) is 267 Å². The van der Waals surface area contributed by atoms with Crippen LogP contribution in [0.25, 0.3) is 0 Å². The highest BCUT2D eigenvalue weighted by atomic mass is 16.3. The molecule has 2 heterocycles. The number of likely N-dealkylation sites (tertiary alicyclic amines) is 1. The quantitative estimate of drug-likeness (QED) is 0.0437. The zero-order chi connectivity index (χ0) is 78.6. The summed E-state index contributed by atoms with van der Waals surface area (Å²) in [7, 11) is 0. The molecular formula is C74H123N15O15. The monoisotopic (exact) mass is 1460 g/mol. The van der Waals surface area contributed by atoms with Crippen LogP contribution in [0, 0.1) is 47.3 Å². The van der Waals surface area contributed by atoms with Gasteiger partial charge in [-0.2, -0.15) is 0 Å². The van der Waals surface area contributed by atoms with Crippen molar-refractivity contribution in [1.82, 2.24) is 74.0 Å². The predicted molar refractivity (Wildman–Crippen MR) is 393 cm³/mol. The molecule has 1 aromatic carbocycles. The molecular weight excluding hydrogens is 1340 g/mol. The highest BCUT2D eigenvalue weighted by Crippen LogP contribution is 2.23. The minimum atomic E-state index is -1.68. The molecule has 16 atom stereocenters. The number of amides is 14. The van der Waals surface area contributed by atoms with E-state index in [0.717, 1.165) is 6.42 Å². The molecule has 0 saturated carbocycles. The average molecular weight is 1460 g/mol. The zero-order valence-electron chi connectivity index (χ0n) is 64.5. The maximum atomic E-state index is 14.9. The molecule has 0 bridgehead atoms. The number of nitrogens with one attached hydrogen (secondary N) is 13. The van der Waals surface area contributed by atoms with Gasteiger partial charge in [-0.05, 0) is 105 Å². The van der Waals surface area contributed by atoms with E-state index < -0.39 is 203 Å². The largest absolute Gasteiger partial charge is 0.391 e. The summed E-state index contributed by atoms with van der Waals surface area (Å²) in [4.78, 5) is 201. The van der Waals surface area contributed by atoms with Crippen molar-refractivity contribution in [2.75, 3.05) is 19.6 Å². The molecule has 3 rings (SSSR count). The number of carbonyl (C=O) groups excluding carboxylic acids is 14. The van der Waals surface area contributed by atoms with Crippen LogP contribution in [0.3, 0.4) is 0 Å². The number of benzene rings is 1. The first-order chi connectivity index (χ1) is 48.9. The van der Waals surface area contributed by atoms with Crippen molar-refractivity contribution in [1.29, 1.82) is 0 Å². The first kappa shape index (κ1) is 89.7. The van der Waals surface area contributed by atoms with Crippen LogP contribution in [-0.2, 0) is 73.5 Å². The minimum Gasteiger partial charge on any atom is -0.391 e. The first-order valence-electron chi connectivity index (χ1n) is 37.2. The van der Waals surface area contributed by atoms with E-state index in [9.17, 15) is 72.2 Å². The third kappa shape index (κ3) is 27.2. The Bertz CT molecular complexity index is 3130. The predicted octanol–water partition coefficient (Wildman–Crippen LogP) is 1.02. The van der Waals surface area contributed by atoms with Crippen LogP contribution in [0.5, 0.6) is 0 Å². The van der Waals surface area contributed by atoms with E-state index in [0.29, 0.717) is 24.8 Å². The van der Waals surface area contributed by atoms with Crippen LogP contribution >= 0.6 is 0 Å². The Morgan fingerprint density at radius 3 is 1.66 bits per heavy atom. The third-order valence-corrected chi connectivity index (χ3v) is 19.4. The topological polar surface area (TPSA) is 445 Å². The number of hydrogen-bond acceptors (Lipinski definition) is 16. The van der Waals surface area contributed by atoms with Crippen molar-refractivity contribution in [3.63, 3.8) is 0 Å². The van der Waals surface area contributed by atoms with Gasteiger partial charge in [0.2, 0.25) is 76.8 Å². The highest BCUT2D eigenvalue weighted by molar-refractivity contribution is 6.03. The van der Waals surface area contributed by atoms with Gasteiger partial charge in [-0.3, -0.25) is 67.1 Å². The molecule has 2 saturated heterocycles. The molecule has 0 aromatic heterocycles. The molecule has 30 heteroatoms. The molecule has 0 aliphatic carbocycles. The molecule has 104 heavy (non-hydrogen) atoms. The van der Waals surface area contributed by atoms with Gasteiger partial charge in [0.05, 0.1) is 6.10 Å². The lowest BCUT2D eigenvalue weighted by Gasteiger charge is -2.33. The Balaban J connectivity index is 1.98. The van der Waals surface area contributed by atoms with E-state index in [4.69, 9.17) is 5.73 Å². The molecule has 2 aliphatic rings. The summed E-state index contributed by atoms with van der Waals surface area (Å²) in [6.45, 7) is 29.9. The normalized spacial score (nSPS) is 22.2. The van der Waals surface area contributed by atoms with E-state index in [1.807, 2.05) is 13.8 Å². The van der Waals surface area contributed by atoms with Crippen molar-refractivity contribution in [2.24, 2.45) is 53.1 Å². The molecule has 1 aromatic rings. The molecule has 584 valence electrons. The van der Waals surface area contributed by atoms with Gasteiger partial charge in [0.25, 0.3) is 5.91 Å². The van der Waals surface area contributed by atoms with Crippen LogP contribution in [0.4, 0.5) is 0 Å². The third-order valence-electron chi connectivity index (χ3n) is 19.4. The molecule has 14 amide bonds. The van der Waals surface area contributed by atoms with Crippen molar-refractivity contribution < 1.29 is 72.2 Å².